The van der Waals surface area contributed by atoms with Crippen LogP contribution in [-0.2, 0) is 20.7 Å². The van der Waals surface area contributed by atoms with Crippen molar-refractivity contribution in [2.24, 2.45) is 0 Å². The number of hydrogen-bond donors (Lipinski definition) is 1. The van der Waals surface area contributed by atoms with Crippen LogP contribution < -0.4 is 5.32 Å². The Labute approximate surface area is 133 Å². The maximum Gasteiger partial charge on any atom is 0.253 e. The number of morpholine rings is 1. The van der Waals surface area contributed by atoms with Crippen molar-refractivity contribution in [1.29, 1.82) is 0 Å². The van der Waals surface area contributed by atoms with Crippen LogP contribution in [0.1, 0.15) is 12.5 Å². The SMILES string of the molecule is CNC(=O)C1(C)CN(C(=O)Cc2ccc(F)c(Cl)c2)CCO1. The van der Waals surface area contributed by atoms with Gasteiger partial charge in [-0.3, -0.25) is 9.59 Å². The van der Waals surface area contributed by atoms with E-state index in [1.807, 2.05) is 0 Å². The van der Waals surface area contributed by atoms with Crippen LogP contribution in [0.3, 0.4) is 0 Å². The van der Waals surface area contributed by atoms with E-state index in [0.29, 0.717) is 18.7 Å². The third-order valence-electron chi connectivity index (χ3n) is 3.67. The van der Waals surface area contributed by atoms with Crippen molar-refractivity contribution >= 4 is 23.4 Å². The molecule has 2 amide bonds. The van der Waals surface area contributed by atoms with Crippen molar-refractivity contribution in [2.45, 2.75) is 18.9 Å². The molecule has 1 aromatic rings. The van der Waals surface area contributed by atoms with Gasteiger partial charge in [0.2, 0.25) is 5.91 Å². The van der Waals surface area contributed by atoms with Crippen LogP contribution in [0.25, 0.3) is 0 Å². The Morgan fingerprint density at radius 1 is 1.50 bits per heavy atom. The van der Waals surface area contributed by atoms with Gasteiger partial charge in [0.15, 0.2) is 5.60 Å². The lowest BCUT2D eigenvalue weighted by atomic mass is 10.0. The zero-order valence-corrected chi connectivity index (χ0v) is 13.2. The lowest BCUT2D eigenvalue weighted by Crippen LogP contribution is -2.59. The molecule has 0 saturated carbocycles. The second kappa shape index (κ2) is 6.62. The fourth-order valence-electron chi connectivity index (χ4n) is 2.42. The molecule has 0 aromatic heterocycles. The molecular weight excluding hydrogens is 311 g/mol. The molecule has 22 heavy (non-hydrogen) atoms. The summed E-state index contributed by atoms with van der Waals surface area (Å²) in [4.78, 5) is 25.8. The fourth-order valence-corrected chi connectivity index (χ4v) is 2.62. The highest BCUT2D eigenvalue weighted by molar-refractivity contribution is 6.30. The summed E-state index contributed by atoms with van der Waals surface area (Å²) in [6.45, 7) is 2.54. The number of benzene rings is 1. The minimum Gasteiger partial charge on any atom is -0.362 e. The number of rotatable bonds is 3. The maximum atomic E-state index is 13.1. The highest BCUT2D eigenvalue weighted by Gasteiger charge is 2.40. The van der Waals surface area contributed by atoms with Gasteiger partial charge in [-0.2, -0.15) is 0 Å². The first-order valence-corrected chi connectivity index (χ1v) is 7.31. The number of halogens is 2. The predicted octanol–water partition coefficient (Wildman–Crippen LogP) is 1.39. The zero-order valence-electron chi connectivity index (χ0n) is 12.5. The Balaban J connectivity index is 2.06. The van der Waals surface area contributed by atoms with E-state index in [-0.39, 0.29) is 29.8 Å². The first-order valence-electron chi connectivity index (χ1n) is 6.93. The molecule has 0 aliphatic carbocycles. The van der Waals surface area contributed by atoms with E-state index in [1.54, 1.807) is 11.8 Å². The Hall–Kier alpha value is -1.66. The molecule has 7 heteroatoms. The summed E-state index contributed by atoms with van der Waals surface area (Å²) in [5.74, 6) is -0.938. The Bertz CT molecular complexity index is 596. The van der Waals surface area contributed by atoms with E-state index >= 15 is 0 Å². The molecular formula is C15H18ClFN2O3. The summed E-state index contributed by atoms with van der Waals surface area (Å²) < 4.78 is 18.6. The average molecular weight is 329 g/mol. The fraction of sp³-hybridized carbons (Fsp3) is 0.467. The Morgan fingerprint density at radius 3 is 2.86 bits per heavy atom. The van der Waals surface area contributed by atoms with E-state index in [2.05, 4.69) is 5.32 Å². The van der Waals surface area contributed by atoms with Crippen LogP contribution in [0.5, 0.6) is 0 Å². The first-order chi connectivity index (χ1) is 10.4. The Kier molecular flexibility index (Phi) is 5.03. The molecule has 1 unspecified atom stereocenters. The van der Waals surface area contributed by atoms with Crippen molar-refractivity contribution in [1.82, 2.24) is 10.2 Å². The van der Waals surface area contributed by atoms with E-state index in [1.165, 1.54) is 25.2 Å². The van der Waals surface area contributed by atoms with Crippen molar-refractivity contribution < 1.29 is 18.7 Å². The molecule has 1 aliphatic heterocycles. The molecule has 0 spiro atoms. The van der Waals surface area contributed by atoms with Gasteiger partial charge >= 0.3 is 0 Å². The topological polar surface area (TPSA) is 58.6 Å². The monoisotopic (exact) mass is 328 g/mol. The molecule has 2 rings (SSSR count). The maximum absolute atomic E-state index is 13.1. The number of hydrogen-bond acceptors (Lipinski definition) is 3. The van der Waals surface area contributed by atoms with E-state index in [4.69, 9.17) is 16.3 Å². The summed E-state index contributed by atoms with van der Waals surface area (Å²) in [7, 11) is 1.53. The molecule has 5 nitrogen and oxygen atoms in total. The second-order valence-corrected chi connectivity index (χ2v) is 5.81. The number of nitrogens with zero attached hydrogens (tertiary/aromatic N) is 1. The van der Waals surface area contributed by atoms with Gasteiger partial charge < -0.3 is 15.0 Å². The smallest absolute Gasteiger partial charge is 0.253 e. The number of likely N-dealkylation sites (N-methyl/N-ethyl adjacent to an activating group) is 1. The summed E-state index contributed by atoms with van der Waals surface area (Å²) in [5, 5.41) is 2.53. The minimum atomic E-state index is -1.05. The van der Waals surface area contributed by atoms with Gasteiger partial charge in [0, 0.05) is 13.6 Å². The lowest BCUT2D eigenvalue weighted by Gasteiger charge is -2.39. The standard InChI is InChI=1S/C15H18ClFN2O3/c1-15(14(21)18-2)9-19(5-6-22-15)13(20)8-10-3-4-12(17)11(16)7-10/h3-4,7H,5-6,8-9H2,1-2H3,(H,18,21). The van der Waals surface area contributed by atoms with Crippen LogP contribution in [0.2, 0.25) is 5.02 Å². The summed E-state index contributed by atoms with van der Waals surface area (Å²) in [5.41, 5.74) is -0.423. The highest BCUT2D eigenvalue weighted by Crippen LogP contribution is 2.20. The quantitative estimate of drug-likeness (QED) is 0.912. The largest absolute Gasteiger partial charge is 0.362 e. The number of carbonyl (C=O) groups is 2. The summed E-state index contributed by atoms with van der Waals surface area (Å²) in [6.07, 6.45) is 0.101. The van der Waals surface area contributed by atoms with Gasteiger partial charge in [0.25, 0.3) is 5.91 Å². The van der Waals surface area contributed by atoms with Gasteiger partial charge in [-0.25, -0.2) is 4.39 Å². The molecule has 1 fully saturated rings. The number of amides is 2. The van der Waals surface area contributed by atoms with Crippen LogP contribution in [0, 0.1) is 5.82 Å². The average Bonchev–Trinajstić information content (AvgIpc) is 2.50. The molecule has 1 saturated heterocycles. The van der Waals surface area contributed by atoms with E-state index < -0.39 is 11.4 Å². The minimum absolute atomic E-state index is 0.0116. The number of nitrogens with one attached hydrogen (secondary N) is 1. The van der Waals surface area contributed by atoms with Gasteiger partial charge in [-0.1, -0.05) is 17.7 Å². The van der Waals surface area contributed by atoms with Crippen molar-refractivity contribution in [3.8, 4) is 0 Å². The van der Waals surface area contributed by atoms with Crippen LogP contribution in [-0.4, -0.2) is 49.1 Å². The number of ether oxygens (including phenoxy) is 1. The summed E-state index contributed by atoms with van der Waals surface area (Å²) >= 11 is 5.72. The first kappa shape index (κ1) is 16.7. The molecule has 0 bridgehead atoms. The van der Waals surface area contributed by atoms with Gasteiger partial charge in [0.05, 0.1) is 24.6 Å². The van der Waals surface area contributed by atoms with Gasteiger partial charge in [0.1, 0.15) is 5.82 Å². The Morgan fingerprint density at radius 2 is 2.23 bits per heavy atom. The molecule has 1 aromatic carbocycles. The van der Waals surface area contributed by atoms with Crippen molar-refractivity contribution in [2.75, 3.05) is 26.7 Å². The second-order valence-electron chi connectivity index (χ2n) is 5.40. The molecule has 1 aliphatic rings. The summed E-state index contributed by atoms with van der Waals surface area (Å²) in [6, 6.07) is 4.20. The lowest BCUT2D eigenvalue weighted by molar-refractivity contribution is -0.162. The normalized spacial score (nSPS) is 21.5. The molecule has 1 atom stereocenters. The van der Waals surface area contributed by atoms with Crippen LogP contribution in [0.15, 0.2) is 18.2 Å². The van der Waals surface area contributed by atoms with Crippen molar-refractivity contribution in [3.05, 3.63) is 34.6 Å². The number of carbonyl (C=O) groups excluding carboxylic acids is 2. The molecule has 0 radical (unpaired) electrons. The zero-order chi connectivity index (χ0) is 16.3. The van der Waals surface area contributed by atoms with E-state index in [0.717, 1.165) is 0 Å². The van der Waals surface area contributed by atoms with Gasteiger partial charge in [-0.05, 0) is 24.6 Å². The third-order valence-corrected chi connectivity index (χ3v) is 3.96. The third kappa shape index (κ3) is 3.56. The van der Waals surface area contributed by atoms with E-state index in [9.17, 15) is 14.0 Å². The predicted molar refractivity (Wildman–Crippen MR) is 80.1 cm³/mol. The van der Waals surface area contributed by atoms with Crippen LogP contribution in [0.4, 0.5) is 4.39 Å². The van der Waals surface area contributed by atoms with Crippen LogP contribution >= 0.6 is 11.6 Å². The molecule has 1 heterocycles. The van der Waals surface area contributed by atoms with Gasteiger partial charge in [-0.15, -0.1) is 0 Å². The molecule has 120 valence electrons. The highest BCUT2D eigenvalue weighted by atomic mass is 35.5. The van der Waals surface area contributed by atoms with Crippen molar-refractivity contribution in [3.63, 3.8) is 0 Å². The molecule has 1 N–H and O–H groups in total.